The summed E-state index contributed by atoms with van der Waals surface area (Å²) >= 11 is 0. The fourth-order valence-electron chi connectivity index (χ4n) is 2.50. The SMILES string of the molecule is CN(C)Cc1cnn2c(O)c(Cc3ccccc3)c(=O)[nH]c12. The van der Waals surface area contributed by atoms with Gasteiger partial charge in [0, 0.05) is 18.5 Å². The lowest BCUT2D eigenvalue weighted by molar-refractivity contribution is 0.403. The highest BCUT2D eigenvalue weighted by Crippen LogP contribution is 2.19. The third-order valence-corrected chi connectivity index (χ3v) is 3.53. The van der Waals surface area contributed by atoms with Crippen molar-refractivity contribution in [3.8, 4) is 5.88 Å². The summed E-state index contributed by atoms with van der Waals surface area (Å²) in [5.74, 6) is -0.104. The summed E-state index contributed by atoms with van der Waals surface area (Å²) in [4.78, 5) is 17.1. The summed E-state index contributed by atoms with van der Waals surface area (Å²) in [5.41, 5.74) is 2.40. The minimum absolute atomic E-state index is 0.104. The molecule has 6 nitrogen and oxygen atoms in total. The molecule has 0 saturated heterocycles. The van der Waals surface area contributed by atoms with Gasteiger partial charge in [0.2, 0.25) is 5.88 Å². The quantitative estimate of drug-likeness (QED) is 0.763. The van der Waals surface area contributed by atoms with Crippen LogP contribution in [0.25, 0.3) is 5.65 Å². The highest BCUT2D eigenvalue weighted by Gasteiger charge is 2.16. The third-order valence-electron chi connectivity index (χ3n) is 3.53. The third kappa shape index (κ3) is 2.60. The first-order valence-electron chi connectivity index (χ1n) is 7.05. The van der Waals surface area contributed by atoms with Crippen LogP contribution < -0.4 is 5.56 Å². The Morgan fingerprint density at radius 1 is 1.27 bits per heavy atom. The Hall–Kier alpha value is -2.60. The van der Waals surface area contributed by atoms with Crippen LogP contribution in [0.15, 0.2) is 41.3 Å². The molecule has 2 aromatic heterocycles. The number of aromatic nitrogens is 3. The van der Waals surface area contributed by atoms with Crippen LogP contribution in [0, 0.1) is 0 Å². The number of aromatic hydroxyl groups is 1. The maximum absolute atomic E-state index is 12.3. The smallest absolute Gasteiger partial charge is 0.258 e. The molecule has 0 saturated carbocycles. The molecule has 0 aliphatic heterocycles. The Labute approximate surface area is 127 Å². The van der Waals surface area contributed by atoms with Crippen LogP contribution in [0.3, 0.4) is 0 Å². The van der Waals surface area contributed by atoms with Gasteiger partial charge in [0.25, 0.3) is 5.56 Å². The van der Waals surface area contributed by atoms with E-state index in [9.17, 15) is 9.90 Å². The number of aromatic amines is 1. The van der Waals surface area contributed by atoms with Crippen molar-refractivity contribution >= 4 is 5.65 Å². The van der Waals surface area contributed by atoms with Crippen LogP contribution in [0.1, 0.15) is 16.7 Å². The van der Waals surface area contributed by atoms with Crippen molar-refractivity contribution < 1.29 is 5.11 Å². The molecule has 0 aliphatic carbocycles. The van der Waals surface area contributed by atoms with Gasteiger partial charge in [-0.1, -0.05) is 30.3 Å². The van der Waals surface area contributed by atoms with Crippen LogP contribution in [0.4, 0.5) is 0 Å². The van der Waals surface area contributed by atoms with Gasteiger partial charge in [0.15, 0.2) is 0 Å². The molecule has 0 aliphatic rings. The van der Waals surface area contributed by atoms with E-state index in [4.69, 9.17) is 0 Å². The number of nitrogens with one attached hydrogen (secondary N) is 1. The van der Waals surface area contributed by atoms with Crippen molar-refractivity contribution in [3.05, 3.63) is 63.6 Å². The molecule has 2 heterocycles. The van der Waals surface area contributed by atoms with Crippen molar-refractivity contribution in [1.82, 2.24) is 19.5 Å². The number of rotatable bonds is 4. The van der Waals surface area contributed by atoms with Crippen molar-refractivity contribution in [1.29, 1.82) is 0 Å². The number of benzene rings is 1. The average molecular weight is 298 g/mol. The van der Waals surface area contributed by atoms with E-state index >= 15 is 0 Å². The molecule has 3 aromatic rings. The molecule has 1 aromatic carbocycles. The molecule has 114 valence electrons. The maximum atomic E-state index is 12.3. The summed E-state index contributed by atoms with van der Waals surface area (Å²) in [7, 11) is 3.87. The molecule has 0 radical (unpaired) electrons. The second-order valence-electron chi connectivity index (χ2n) is 5.59. The molecule has 0 bridgehead atoms. The molecule has 0 atom stereocenters. The predicted octanol–water partition coefficient (Wildman–Crippen LogP) is 1.38. The molecular formula is C16H18N4O2. The minimum atomic E-state index is -0.283. The zero-order valence-electron chi connectivity index (χ0n) is 12.6. The number of fused-ring (bicyclic) bond motifs is 1. The molecule has 0 spiro atoms. The molecule has 0 unspecified atom stereocenters. The van der Waals surface area contributed by atoms with E-state index in [1.54, 1.807) is 6.20 Å². The first kappa shape index (κ1) is 14.3. The molecular weight excluding hydrogens is 280 g/mol. The van der Waals surface area contributed by atoms with Gasteiger partial charge in [-0.15, -0.1) is 0 Å². The summed E-state index contributed by atoms with van der Waals surface area (Å²) in [6, 6.07) is 9.56. The van der Waals surface area contributed by atoms with Crippen LogP contribution in [0.2, 0.25) is 0 Å². The zero-order chi connectivity index (χ0) is 15.7. The fraction of sp³-hybridized carbons (Fsp3) is 0.250. The lowest BCUT2D eigenvalue weighted by atomic mass is 10.1. The van der Waals surface area contributed by atoms with Gasteiger partial charge in [-0.2, -0.15) is 9.61 Å². The predicted molar refractivity (Wildman–Crippen MR) is 84.1 cm³/mol. The zero-order valence-corrected chi connectivity index (χ0v) is 12.6. The normalized spacial score (nSPS) is 11.4. The van der Waals surface area contributed by atoms with Crippen LogP contribution in [0.5, 0.6) is 5.88 Å². The molecule has 3 rings (SSSR count). The largest absolute Gasteiger partial charge is 0.493 e. The van der Waals surface area contributed by atoms with Gasteiger partial charge < -0.3 is 15.0 Å². The van der Waals surface area contributed by atoms with Gasteiger partial charge in [0.05, 0.1) is 11.8 Å². The number of hydrogen-bond donors (Lipinski definition) is 2. The Morgan fingerprint density at radius 3 is 2.68 bits per heavy atom. The number of H-pyrrole nitrogens is 1. The lowest BCUT2D eigenvalue weighted by Crippen LogP contribution is -2.17. The maximum Gasteiger partial charge on any atom is 0.258 e. The van der Waals surface area contributed by atoms with Gasteiger partial charge >= 0.3 is 0 Å². The van der Waals surface area contributed by atoms with Crippen molar-refractivity contribution in [2.75, 3.05) is 14.1 Å². The van der Waals surface area contributed by atoms with E-state index in [0.717, 1.165) is 11.1 Å². The first-order chi connectivity index (χ1) is 10.6. The van der Waals surface area contributed by atoms with Crippen molar-refractivity contribution in [2.24, 2.45) is 0 Å². The Balaban J connectivity index is 2.08. The molecule has 0 amide bonds. The van der Waals surface area contributed by atoms with Gasteiger partial charge in [0.1, 0.15) is 5.65 Å². The summed E-state index contributed by atoms with van der Waals surface area (Å²) in [6.07, 6.45) is 2.03. The monoisotopic (exact) mass is 298 g/mol. The lowest BCUT2D eigenvalue weighted by Gasteiger charge is -2.09. The summed E-state index contributed by atoms with van der Waals surface area (Å²) in [6.45, 7) is 0.636. The molecule has 22 heavy (non-hydrogen) atoms. The summed E-state index contributed by atoms with van der Waals surface area (Å²) in [5, 5.41) is 14.6. The van der Waals surface area contributed by atoms with E-state index in [-0.39, 0.29) is 11.4 Å². The fourth-order valence-corrected chi connectivity index (χ4v) is 2.50. The minimum Gasteiger partial charge on any atom is -0.493 e. The van der Waals surface area contributed by atoms with E-state index in [1.807, 2.05) is 49.3 Å². The first-order valence-corrected chi connectivity index (χ1v) is 7.05. The number of hydrogen-bond acceptors (Lipinski definition) is 4. The van der Waals surface area contributed by atoms with Crippen molar-refractivity contribution in [3.63, 3.8) is 0 Å². The van der Waals surface area contributed by atoms with Crippen LogP contribution >= 0.6 is 0 Å². The van der Waals surface area contributed by atoms with Gasteiger partial charge in [-0.05, 0) is 19.7 Å². The topological polar surface area (TPSA) is 73.6 Å². The van der Waals surface area contributed by atoms with Crippen LogP contribution in [-0.4, -0.2) is 38.7 Å². The second kappa shape index (κ2) is 5.65. The van der Waals surface area contributed by atoms with Gasteiger partial charge in [-0.25, -0.2) is 0 Å². The summed E-state index contributed by atoms with van der Waals surface area (Å²) < 4.78 is 1.39. The molecule has 2 N–H and O–H groups in total. The second-order valence-corrected chi connectivity index (χ2v) is 5.59. The number of nitrogens with zero attached hydrogens (tertiary/aromatic N) is 3. The Kier molecular flexibility index (Phi) is 3.68. The Morgan fingerprint density at radius 2 is 2.00 bits per heavy atom. The van der Waals surface area contributed by atoms with E-state index < -0.39 is 0 Å². The standard InChI is InChI=1S/C16H18N4O2/c1-19(2)10-12-9-17-20-14(12)18-15(21)13(16(20)22)8-11-6-4-3-5-7-11/h3-7,9,22H,8,10H2,1-2H3,(H,18,21). The van der Waals surface area contributed by atoms with Crippen LogP contribution in [-0.2, 0) is 13.0 Å². The van der Waals surface area contributed by atoms with Crippen molar-refractivity contribution in [2.45, 2.75) is 13.0 Å². The van der Waals surface area contributed by atoms with E-state index in [1.165, 1.54) is 4.52 Å². The Bertz CT molecular complexity index is 850. The molecule has 0 fully saturated rings. The average Bonchev–Trinajstić information content (AvgIpc) is 2.87. The molecule has 6 heteroatoms. The highest BCUT2D eigenvalue weighted by atomic mass is 16.3. The van der Waals surface area contributed by atoms with E-state index in [0.29, 0.717) is 24.2 Å². The van der Waals surface area contributed by atoms with Gasteiger partial charge in [-0.3, -0.25) is 4.79 Å². The van der Waals surface area contributed by atoms with E-state index in [2.05, 4.69) is 10.1 Å². The highest BCUT2D eigenvalue weighted by molar-refractivity contribution is 5.50.